The molecule has 2 aromatic carbocycles. The van der Waals surface area contributed by atoms with Crippen LogP contribution in [0.2, 0.25) is 0 Å². The van der Waals surface area contributed by atoms with Crippen molar-refractivity contribution >= 4 is 10.8 Å². The van der Waals surface area contributed by atoms with E-state index < -0.39 is 0 Å². The van der Waals surface area contributed by atoms with Gasteiger partial charge >= 0.3 is 0 Å². The standard InChI is InChI=1S/C19H19N/c1-19(2,3)16-9-6-8-15(13-16)18-17-10-5-4-7-14(17)11-12-20-18/h4-13H,1-3H3/p+1. The molecular weight excluding hydrogens is 242 g/mol. The number of hydrogen-bond donors (Lipinski definition) is 0. The molecule has 20 heavy (non-hydrogen) atoms. The Balaban J connectivity index is 2.21. The van der Waals surface area contributed by atoms with Gasteiger partial charge in [0.1, 0.15) is 0 Å². The first-order valence-corrected chi connectivity index (χ1v) is 7.06. The zero-order valence-electron chi connectivity index (χ0n) is 12.3. The summed E-state index contributed by atoms with van der Waals surface area (Å²) in [5.74, 6) is 0. The van der Waals surface area contributed by atoms with Crippen LogP contribution >= 0.6 is 0 Å². The highest BCUT2D eigenvalue weighted by atomic mass is 14.7. The Labute approximate surface area is 120 Å². The fourth-order valence-electron chi connectivity index (χ4n) is 2.54. The zero-order chi connectivity index (χ0) is 14.2. The molecule has 0 atom stereocenters. The lowest BCUT2D eigenvalue weighted by Crippen LogP contribution is -2.12. The molecule has 1 N–H and O–H groups in total. The second kappa shape index (κ2) is 4.75. The lowest BCUT2D eigenvalue weighted by atomic mass is 9.85. The second-order valence-electron chi connectivity index (χ2n) is 6.27. The fourth-order valence-corrected chi connectivity index (χ4v) is 2.54. The molecule has 3 aromatic rings. The predicted octanol–water partition coefficient (Wildman–Crippen LogP) is 4.62. The van der Waals surface area contributed by atoms with Gasteiger partial charge in [0.05, 0.1) is 5.39 Å². The van der Waals surface area contributed by atoms with E-state index in [1.54, 1.807) is 0 Å². The summed E-state index contributed by atoms with van der Waals surface area (Å²) >= 11 is 0. The van der Waals surface area contributed by atoms with Gasteiger partial charge in [-0.2, -0.15) is 0 Å². The van der Waals surface area contributed by atoms with Gasteiger partial charge < -0.3 is 0 Å². The number of rotatable bonds is 1. The van der Waals surface area contributed by atoms with E-state index in [0.29, 0.717) is 0 Å². The Morgan fingerprint density at radius 1 is 0.850 bits per heavy atom. The molecular formula is C19H20N+. The first-order chi connectivity index (χ1) is 9.55. The van der Waals surface area contributed by atoms with Gasteiger partial charge in [0, 0.05) is 11.6 Å². The van der Waals surface area contributed by atoms with Crippen molar-refractivity contribution in [3.8, 4) is 11.3 Å². The smallest absolute Gasteiger partial charge is 0.211 e. The third kappa shape index (κ3) is 2.32. The molecule has 0 radical (unpaired) electrons. The van der Waals surface area contributed by atoms with E-state index in [0.717, 1.165) is 0 Å². The van der Waals surface area contributed by atoms with Gasteiger partial charge in [-0.1, -0.05) is 51.1 Å². The Hall–Kier alpha value is -2.15. The number of benzene rings is 2. The molecule has 3 rings (SSSR count). The van der Waals surface area contributed by atoms with Gasteiger partial charge in [-0.15, -0.1) is 0 Å². The largest absolute Gasteiger partial charge is 0.218 e. The van der Waals surface area contributed by atoms with E-state index in [1.807, 2.05) is 6.20 Å². The summed E-state index contributed by atoms with van der Waals surface area (Å²) in [5, 5.41) is 2.53. The van der Waals surface area contributed by atoms with Crippen LogP contribution in [-0.2, 0) is 5.41 Å². The summed E-state index contributed by atoms with van der Waals surface area (Å²) in [6.07, 6.45) is 2.02. The third-order valence-electron chi connectivity index (χ3n) is 3.74. The minimum Gasteiger partial charge on any atom is -0.211 e. The molecule has 0 spiro atoms. The molecule has 0 saturated carbocycles. The van der Waals surface area contributed by atoms with E-state index in [2.05, 4.69) is 80.4 Å². The van der Waals surface area contributed by atoms with E-state index in [4.69, 9.17) is 0 Å². The molecule has 0 amide bonds. The molecule has 0 fully saturated rings. The van der Waals surface area contributed by atoms with Crippen LogP contribution < -0.4 is 4.98 Å². The van der Waals surface area contributed by atoms with Crippen molar-refractivity contribution in [1.82, 2.24) is 0 Å². The van der Waals surface area contributed by atoms with Crippen molar-refractivity contribution in [3.05, 3.63) is 66.4 Å². The number of aromatic nitrogens is 1. The van der Waals surface area contributed by atoms with Crippen molar-refractivity contribution in [3.63, 3.8) is 0 Å². The van der Waals surface area contributed by atoms with Crippen LogP contribution in [0.15, 0.2) is 60.8 Å². The van der Waals surface area contributed by atoms with Crippen LogP contribution in [0, 0.1) is 0 Å². The molecule has 0 unspecified atom stereocenters. The van der Waals surface area contributed by atoms with E-state index in [-0.39, 0.29) is 5.41 Å². The minimum atomic E-state index is 0.167. The highest BCUT2D eigenvalue weighted by Crippen LogP contribution is 2.29. The molecule has 0 bridgehead atoms. The van der Waals surface area contributed by atoms with Crippen LogP contribution in [0.5, 0.6) is 0 Å². The number of H-pyrrole nitrogens is 1. The predicted molar refractivity (Wildman–Crippen MR) is 84.6 cm³/mol. The first kappa shape index (κ1) is 12.9. The zero-order valence-corrected chi connectivity index (χ0v) is 12.3. The van der Waals surface area contributed by atoms with Gasteiger partial charge in [0.25, 0.3) is 0 Å². The van der Waals surface area contributed by atoms with Crippen molar-refractivity contribution in [1.29, 1.82) is 0 Å². The fraction of sp³-hybridized carbons (Fsp3) is 0.211. The molecule has 1 nitrogen and oxygen atoms in total. The molecule has 1 heterocycles. The third-order valence-corrected chi connectivity index (χ3v) is 3.74. The minimum absolute atomic E-state index is 0.167. The van der Waals surface area contributed by atoms with E-state index in [9.17, 15) is 0 Å². The normalized spacial score (nSPS) is 11.8. The lowest BCUT2D eigenvalue weighted by Gasteiger charge is -2.19. The van der Waals surface area contributed by atoms with Crippen LogP contribution in [0.25, 0.3) is 22.0 Å². The second-order valence-corrected chi connectivity index (χ2v) is 6.27. The summed E-state index contributed by atoms with van der Waals surface area (Å²) in [4.78, 5) is 3.41. The lowest BCUT2D eigenvalue weighted by molar-refractivity contribution is -0.362. The highest BCUT2D eigenvalue weighted by Gasteiger charge is 2.16. The van der Waals surface area contributed by atoms with Crippen molar-refractivity contribution in [2.45, 2.75) is 26.2 Å². The maximum absolute atomic E-state index is 3.41. The van der Waals surface area contributed by atoms with Gasteiger partial charge in [-0.3, -0.25) is 0 Å². The van der Waals surface area contributed by atoms with Crippen molar-refractivity contribution in [2.75, 3.05) is 0 Å². The molecule has 1 heteroatoms. The van der Waals surface area contributed by atoms with Gasteiger partial charge in [-0.25, -0.2) is 4.98 Å². The summed E-state index contributed by atoms with van der Waals surface area (Å²) in [6.45, 7) is 6.75. The van der Waals surface area contributed by atoms with Crippen LogP contribution in [0.3, 0.4) is 0 Å². The van der Waals surface area contributed by atoms with E-state index in [1.165, 1.54) is 27.6 Å². The number of pyridine rings is 1. The molecule has 0 aliphatic heterocycles. The van der Waals surface area contributed by atoms with Gasteiger partial charge in [0.15, 0.2) is 6.20 Å². The number of fused-ring (bicyclic) bond motifs is 1. The van der Waals surface area contributed by atoms with E-state index >= 15 is 0 Å². The molecule has 0 saturated heterocycles. The SMILES string of the molecule is CC(C)(C)c1cccc(-c2[nH+]ccc3ccccc23)c1. The summed E-state index contributed by atoms with van der Waals surface area (Å²) in [7, 11) is 0. The monoisotopic (exact) mass is 262 g/mol. The van der Waals surface area contributed by atoms with Crippen molar-refractivity contribution < 1.29 is 4.98 Å². The first-order valence-electron chi connectivity index (χ1n) is 7.06. The average Bonchev–Trinajstić information content (AvgIpc) is 2.46. The molecule has 0 aliphatic rings. The maximum atomic E-state index is 3.41. The van der Waals surface area contributed by atoms with Crippen LogP contribution in [0.4, 0.5) is 0 Å². The Morgan fingerprint density at radius 2 is 1.65 bits per heavy atom. The van der Waals surface area contributed by atoms with Crippen LogP contribution in [-0.4, -0.2) is 0 Å². The average molecular weight is 262 g/mol. The quantitative estimate of drug-likeness (QED) is 0.607. The topological polar surface area (TPSA) is 14.1 Å². The number of hydrogen-bond acceptors (Lipinski definition) is 0. The van der Waals surface area contributed by atoms with Gasteiger partial charge in [0.2, 0.25) is 5.69 Å². The highest BCUT2D eigenvalue weighted by molar-refractivity contribution is 5.92. The van der Waals surface area contributed by atoms with Gasteiger partial charge in [-0.05, 0) is 34.6 Å². The maximum Gasteiger partial charge on any atom is 0.218 e. The Morgan fingerprint density at radius 3 is 2.45 bits per heavy atom. The summed E-state index contributed by atoms with van der Waals surface area (Å²) in [5.41, 5.74) is 3.96. The summed E-state index contributed by atoms with van der Waals surface area (Å²) < 4.78 is 0. The number of nitrogens with one attached hydrogen (secondary N) is 1. The molecule has 1 aromatic heterocycles. The van der Waals surface area contributed by atoms with Crippen LogP contribution in [0.1, 0.15) is 26.3 Å². The number of aromatic amines is 1. The summed E-state index contributed by atoms with van der Waals surface area (Å²) in [6, 6.07) is 19.4. The Kier molecular flexibility index (Phi) is 3.06. The molecule has 0 aliphatic carbocycles. The Bertz CT molecular complexity index is 746. The van der Waals surface area contributed by atoms with Crippen molar-refractivity contribution in [2.24, 2.45) is 0 Å². The molecule has 100 valence electrons.